The zero-order valence-electron chi connectivity index (χ0n) is 6.38. The third kappa shape index (κ3) is 2.10. The molecular weight excluding hydrogens is 216 g/mol. The van der Waals surface area contributed by atoms with Gasteiger partial charge < -0.3 is 0 Å². The van der Waals surface area contributed by atoms with Crippen LogP contribution >= 0.6 is 30.1 Å². The third-order valence-corrected chi connectivity index (χ3v) is 2.31. The first kappa shape index (κ1) is 10.2. The Balaban J connectivity index is 3.26. The molecule has 12 heavy (non-hydrogen) atoms. The second-order valence-corrected chi connectivity index (χ2v) is 5.11. The minimum absolute atomic E-state index is 0.275. The van der Waals surface area contributed by atoms with E-state index in [4.69, 9.17) is 11.6 Å². The number of alkyl halides is 1. The lowest BCUT2D eigenvalue weighted by atomic mass is 10.3. The van der Waals surface area contributed by atoms with E-state index in [2.05, 4.69) is 9.97 Å². The minimum Gasteiger partial charge on any atom is -0.237 e. The maximum atomic E-state index is 13.3. The highest BCUT2D eigenvalue weighted by Gasteiger charge is 2.24. The van der Waals surface area contributed by atoms with Crippen molar-refractivity contribution < 1.29 is 4.39 Å². The molecule has 0 aliphatic heterocycles. The molecule has 0 saturated heterocycles. The Morgan fingerprint density at radius 3 is 2.50 bits per heavy atom. The molecule has 0 radical (unpaired) electrons. The summed E-state index contributed by atoms with van der Waals surface area (Å²) in [5.41, 5.74) is 0.837. The van der Waals surface area contributed by atoms with Crippen molar-refractivity contribution in [3.05, 3.63) is 22.7 Å². The molecule has 0 saturated carbocycles. The number of rotatable bonds is 1. The second-order valence-electron chi connectivity index (χ2n) is 2.41. The Labute approximate surface area is 79.7 Å². The van der Waals surface area contributed by atoms with Crippen molar-refractivity contribution in [1.29, 1.82) is 0 Å². The fraction of sp³-hybridized carbons (Fsp3) is 0.333. The van der Waals surface area contributed by atoms with Crippen molar-refractivity contribution in [2.75, 3.05) is 0 Å². The van der Waals surface area contributed by atoms with Gasteiger partial charge in [0, 0.05) is 5.56 Å². The Morgan fingerprint density at radius 2 is 2.08 bits per heavy atom. The highest BCUT2D eigenvalue weighted by molar-refractivity contribution is 7.38. The largest absolute Gasteiger partial charge is 0.237 e. The highest BCUT2D eigenvalue weighted by atomic mass is 35.5. The minimum atomic E-state index is -1.63. The number of aromatic nitrogens is 2. The molecule has 1 aromatic rings. The Hall–Kier alpha value is 0.160. The standard InChI is InChI=1S/C6H8ClFN2P2/c1-3-4(6(8,11)12)9-2-10-5(3)7/h2H,11-12H2,1H3. The van der Waals surface area contributed by atoms with Gasteiger partial charge >= 0.3 is 0 Å². The Bertz CT molecular complexity index is 300. The zero-order chi connectivity index (χ0) is 9.35. The quantitative estimate of drug-likeness (QED) is 0.540. The molecule has 0 fully saturated rings. The summed E-state index contributed by atoms with van der Waals surface area (Å²) in [4.78, 5) is 7.52. The summed E-state index contributed by atoms with van der Waals surface area (Å²) < 4.78 is 13.3. The SMILES string of the molecule is Cc1c(Cl)ncnc1C(F)(P)P. The maximum absolute atomic E-state index is 13.3. The fourth-order valence-corrected chi connectivity index (χ4v) is 1.53. The second kappa shape index (κ2) is 3.49. The van der Waals surface area contributed by atoms with Crippen LogP contribution in [-0.4, -0.2) is 9.97 Å². The molecular formula is C6H8ClFN2P2. The van der Waals surface area contributed by atoms with E-state index in [1.807, 2.05) is 18.5 Å². The van der Waals surface area contributed by atoms with Gasteiger partial charge in [-0.3, -0.25) is 0 Å². The maximum Gasteiger partial charge on any atom is 0.177 e. The molecule has 0 spiro atoms. The molecule has 2 unspecified atom stereocenters. The van der Waals surface area contributed by atoms with Crippen molar-refractivity contribution in [1.82, 2.24) is 9.97 Å². The summed E-state index contributed by atoms with van der Waals surface area (Å²) in [6.07, 6.45) is 1.24. The summed E-state index contributed by atoms with van der Waals surface area (Å²) >= 11 is 5.68. The molecule has 1 rings (SSSR count). The van der Waals surface area contributed by atoms with Crippen molar-refractivity contribution in [3.8, 4) is 0 Å². The average Bonchev–Trinajstić information content (AvgIpc) is 1.92. The predicted octanol–water partition coefficient (Wildman–Crippen LogP) is 2.27. The van der Waals surface area contributed by atoms with Crippen molar-refractivity contribution in [3.63, 3.8) is 0 Å². The van der Waals surface area contributed by atoms with Gasteiger partial charge in [-0.05, 0) is 6.92 Å². The number of nitrogens with zero attached hydrogens (tertiary/aromatic N) is 2. The fourth-order valence-electron chi connectivity index (χ4n) is 0.815. The van der Waals surface area contributed by atoms with E-state index in [9.17, 15) is 4.39 Å². The first-order valence-corrected chi connectivity index (χ1v) is 4.70. The van der Waals surface area contributed by atoms with E-state index < -0.39 is 5.15 Å². The molecule has 2 atom stereocenters. The summed E-state index contributed by atoms with van der Waals surface area (Å²) in [6.45, 7) is 1.68. The topological polar surface area (TPSA) is 25.8 Å². The van der Waals surface area contributed by atoms with E-state index in [-0.39, 0.29) is 10.8 Å². The Morgan fingerprint density at radius 1 is 1.50 bits per heavy atom. The average molecular weight is 225 g/mol. The van der Waals surface area contributed by atoms with Crippen LogP contribution < -0.4 is 0 Å². The summed E-state index contributed by atoms with van der Waals surface area (Å²) in [5, 5.41) is -1.34. The van der Waals surface area contributed by atoms with Gasteiger partial charge in [-0.15, -0.1) is 0 Å². The van der Waals surface area contributed by atoms with Crippen LogP contribution in [0.4, 0.5) is 4.39 Å². The van der Waals surface area contributed by atoms with E-state index in [0.29, 0.717) is 5.56 Å². The predicted molar refractivity (Wildman–Crippen MR) is 54.0 cm³/mol. The lowest BCUT2D eigenvalue weighted by Crippen LogP contribution is -2.07. The first-order valence-electron chi connectivity index (χ1n) is 3.17. The molecule has 1 aromatic heterocycles. The molecule has 0 aliphatic rings. The van der Waals surface area contributed by atoms with Gasteiger partial charge in [-0.1, -0.05) is 30.1 Å². The molecule has 2 nitrogen and oxygen atoms in total. The van der Waals surface area contributed by atoms with Gasteiger partial charge in [0.05, 0.1) is 5.69 Å². The zero-order valence-corrected chi connectivity index (χ0v) is 9.45. The van der Waals surface area contributed by atoms with E-state index in [0.717, 1.165) is 0 Å². The van der Waals surface area contributed by atoms with Crippen LogP contribution in [0.3, 0.4) is 0 Å². The van der Waals surface area contributed by atoms with Gasteiger partial charge in [-0.25, -0.2) is 14.4 Å². The summed E-state index contributed by atoms with van der Waals surface area (Å²) in [5.74, 6) is 0. The van der Waals surface area contributed by atoms with Crippen LogP contribution in [0.2, 0.25) is 5.15 Å². The smallest absolute Gasteiger partial charge is 0.177 e. The summed E-state index contributed by atoms with van der Waals surface area (Å²) in [6, 6.07) is 0. The molecule has 0 aliphatic carbocycles. The van der Waals surface area contributed by atoms with Crippen LogP contribution in [0.5, 0.6) is 0 Å². The lowest BCUT2D eigenvalue weighted by molar-refractivity contribution is 0.412. The van der Waals surface area contributed by atoms with Crippen molar-refractivity contribution >= 4 is 30.1 Å². The molecule has 0 N–H and O–H groups in total. The normalized spacial score (nSPS) is 11.8. The van der Waals surface area contributed by atoms with Crippen LogP contribution in [0.25, 0.3) is 0 Å². The van der Waals surface area contributed by atoms with Gasteiger partial charge in [0.15, 0.2) is 5.15 Å². The Kier molecular flexibility index (Phi) is 2.98. The number of hydrogen-bond donors (Lipinski definition) is 0. The highest BCUT2D eigenvalue weighted by Crippen LogP contribution is 2.40. The molecule has 1 heterocycles. The monoisotopic (exact) mass is 224 g/mol. The van der Waals surface area contributed by atoms with Crippen LogP contribution in [0.1, 0.15) is 11.3 Å². The lowest BCUT2D eigenvalue weighted by Gasteiger charge is -2.15. The molecule has 0 amide bonds. The molecule has 0 bridgehead atoms. The van der Waals surface area contributed by atoms with Crippen LogP contribution in [0.15, 0.2) is 6.33 Å². The summed E-state index contributed by atoms with van der Waals surface area (Å²) in [7, 11) is 4.07. The van der Waals surface area contributed by atoms with Gasteiger partial charge in [0.1, 0.15) is 11.5 Å². The van der Waals surface area contributed by atoms with Gasteiger partial charge in [0.2, 0.25) is 0 Å². The molecule has 6 heteroatoms. The molecule has 0 aromatic carbocycles. The van der Waals surface area contributed by atoms with E-state index >= 15 is 0 Å². The van der Waals surface area contributed by atoms with Crippen molar-refractivity contribution in [2.24, 2.45) is 0 Å². The van der Waals surface area contributed by atoms with Gasteiger partial charge in [0.25, 0.3) is 0 Å². The number of halogens is 2. The third-order valence-electron chi connectivity index (χ3n) is 1.39. The van der Waals surface area contributed by atoms with E-state index in [1.54, 1.807) is 6.92 Å². The number of hydrogen-bond acceptors (Lipinski definition) is 2. The van der Waals surface area contributed by atoms with Gasteiger partial charge in [-0.2, -0.15) is 0 Å². The molecule has 66 valence electrons. The van der Waals surface area contributed by atoms with Crippen LogP contribution in [0, 0.1) is 6.92 Å². The first-order chi connectivity index (χ1) is 5.43. The van der Waals surface area contributed by atoms with Crippen LogP contribution in [-0.2, 0) is 5.15 Å². The van der Waals surface area contributed by atoms with E-state index in [1.165, 1.54) is 6.33 Å². The van der Waals surface area contributed by atoms with Crippen molar-refractivity contribution in [2.45, 2.75) is 12.1 Å².